The van der Waals surface area contributed by atoms with Crippen molar-refractivity contribution in [1.82, 2.24) is 25.5 Å². The highest BCUT2D eigenvalue weighted by molar-refractivity contribution is 5.93. The number of rotatable bonds is 8. The number of aromatic nitrogens is 2. The van der Waals surface area contributed by atoms with E-state index in [0.717, 1.165) is 17.8 Å². The number of aliphatic imine (C=N–C) groups is 1. The first kappa shape index (κ1) is 23.9. The van der Waals surface area contributed by atoms with Gasteiger partial charge in [-0.15, -0.1) is 0 Å². The highest BCUT2D eigenvalue weighted by atomic mass is 19.4. The number of hydrogen-bond donors (Lipinski definition) is 3. The number of carbonyl (C=O) groups excluding carboxylic acids is 1. The van der Waals surface area contributed by atoms with E-state index in [1.807, 2.05) is 19.1 Å². The molecule has 0 atom stereocenters. The number of halogens is 3. The van der Waals surface area contributed by atoms with Crippen LogP contribution in [0.15, 0.2) is 41.5 Å². The van der Waals surface area contributed by atoms with Crippen LogP contribution in [0.25, 0.3) is 0 Å². The van der Waals surface area contributed by atoms with E-state index < -0.39 is 11.9 Å². The molecule has 168 valence electrons. The van der Waals surface area contributed by atoms with Gasteiger partial charge in [0.05, 0.1) is 6.54 Å². The third kappa shape index (κ3) is 7.76. The number of nitrogens with one attached hydrogen (secondary N) is 3. The Morgan fingerprint density at radius 2 is 1.81 bits per heavy atom. The van der Waals surface area contributed by atoms with Crippen LogP contribution in [-0.2, 0) is 12.7 Å². The summed E-state index contributed by atoms with van der Waals surface area (Å²) < 4.78 is 38.1. The number of nitrogens with zero attached hydrogens (tertiary/aromatic N) is 4. The topological polar surface area (TPSA) is 94.5 Å². The fourth-order valence-electron chi connectivity index (χ4n) is 2.48. The molecule has 0 saturated heterocycles. The Labute approximate surface area is 179 Å². The van der Waals surface area contributed by atoms with Gasteiger partial charge < -0.3 is 20.9 Å². The van der Waals surface area contributed by atoms with E-state index in [1.165, 1.54) is 4.90 Å². The van der Waals surface area contributed by atoms with Crippen molar-refractivity contribution in [3.8, 4) is 0 Å². The summed E-state index contributed by atoms with van der Waals surface area (Å²) in [6.45, 7) is 3.66. The quantitative estimate of drug-likeness (QED) is 0.334. The van der Waals surface area contributed by atoms with Gasteiger partial charge in [-0.25, -0.2) is 15.0 Å². The molecule has 0 saturated carbocycles. The number of carbonyl (C=O) groups is 1. The van der Waals surface area contributed by atoms with Gasteiger partial charge in [0.1, 0.15) is 5.69 Å². The molecule has 31 heavy (non-hydrogen) atoms. The third-order valence-electron chi connectivity index (χ3n) is 4.02. The van der Waals surface area contributed by atoms with E-state index >= 15 is 0 Å². The zero-order valence-electron chi connectivity index (χ0n) is 17.6. The zero-order chi connectivity index (χ0) is 22.9. The van der Waals surface area contributed by atoms with Gasteiger partial charge in [0.2, 0.25) is 5.95 Å². The number of benzene rings is 1. The molecule has 0 aliphatic rings. The standard InChI is InChI=1S/C20H26F3N7O/c1-4-24-18(28-13-14-5-7-15(8-6-14)17(31)30(2)3)26-11-12-27-19-25-10-9-16(29-19)20(21,22)23/h5-10H,4,11-13H2,1-3H3,(H2,24,26,28)(H,25,27,29). The van der Waals surface area contributed by atoms with E-state index in [1.54, 1.807) is 26.2 Å². The summed E-state index contributed by atoms with van der Waals surface area (Å²) in [4.78, 5) is 25.2. The van der Waals surface area contributed by atoms with Crippen LogP contribution in [0.2, 0.25) is 0 Å². The van der Waals surface area contributed by atoms with Crippen LogP contribution in [-0.4, -0.2) is 60.5 Å². The maximum Gasteiger partial charge on any atom is 0.433 e. The minimum absolute atomic E-state index is 0.0673. The smallest absolute Gasteiger partial charge is 0.357 e. The molecule has 8 nitrogen and oxygen atoms in total. The molecule has 2 aromatic rings. The Morgan fingerprint density at radius 3 is 2.42 bits per heavy atom. The fraction of sp³-hybridized carbons (Fsp3) is 0.400. The third-order valence-corrected chi connectivity index (χ3v) is 4.02. The van der Waals surface area contributed by atoms with Crippen molar-refractivity contribution in [2.75, 3.05) is 39.0 Å². The maximum atomic E-state index is 12.7. The normalized spacial score (nSPS) is 11.7. The largest absolute Gasteiger partial charge is 0.433 e. The van der Waals surface area contributed by atoms with Crippen molar-refractivity contribution in [1.29, 1.82) is 0 Å². The molecular formula is C20H26F3N7O. The first-order valence-corrected chi connectivity index (χ1v) is 9.67. The summed E-state index contributed by atoms with van der Waals surface area (Å²) in [6, 6.07) is 8.02. The van der Waals surface area contributed by atoms with E-state index in [0.29, 0.717) is 37.7 Å². The molecule has 1 aromatic heterocycles. The molecule has 0 aliphatic heterocycles. The lowest BCUT2D eigenvalue weighted by Crippen LogP contribution is -2.39. The fourth-order valence-corrected chi connectivity index (χ4v) is 2.48. The van der Waals surface area contributed by atoms with E-state index in [2.05, 4.69) is 30.9 Å². The van der Waals surface area contributed by atoms with E-state index in [9.17, 15) is 18.0 Å². The minimum Gasteiger partial charge on any atom is -0.357 e. The second kappa shape index (κ2) is 11.1. The van der Waals surface area contributed by atoms with E-state index in [-0.39, 0.29) is 11.9 Å². The first-order valence-electron chi connectivity index (χ1n) is 9.67. The number of amides is 1. The predicted molar refractivity (Wildman–Crippen MR) is 113 cm³/mol. The highest BCUT2D eigenvalue weighted by Crippen LogP contribution is 2.27. The first-order chi connectivity index (χ1) is 14.7. The SMILES string of the molecule is CCNC(=NCc1ccc(C(=O)N(C)C)cc1)NCCNc1nccc(C(F)(F)F)n1. The van der Waals surface area contributed by atoms with Gasteiger partial charge in [0.25, 0.3) is 5.91 Å². The van der Waals surface area contributed by atoms with Gasteiger partial charge in [0, 0.05) is 45.5 Å². The monoisotopic (exact) mass is 437 g/mol. The average Bonchev–Trinajstić information content (AvgIpc) is 2.74. The lowest BCUT2D eigenvalue weighted by atomic mass is 10.1. The molecule has 3 N–H and O–H groups in total. The molecule has 0 fully saturated rings. The number of guanidine groups is 1. The van der Waals surface area contributed by atoms with Crippen LogP contribution < -0.4 is 16.0 Å². The number of hydrogen-bond acceptors (Lipinski definition) is 5. The Bertz CT molecular complexity index is 883. The molecule has 11 heteroatoms. The van der Waals surface area contributed by atoms with Crippen LogP contribution in [0.4, 0.5) is 19.1 Å². The van der Waals surface area contributed by atoms with Crippen LogP contribution in [0.5, 0.6) is 0 Å². The van der Waals surface area contributed by atoms with E-state index in [4.69, 9.17) is 0 Å². The van der Waals surface area contributed by atoms with Crippen molar-refractivity contribution in [2.24, 2.45) is 4.99 Å². The van der Waals surface area contributed by atoms with Gasteiger partial charge in [0.15, 0.2) is 5.96 Å². The molecule has 1 amide bonds. The number of anilines is 1. The van der Waals surface area contributed by atoms with Crippen LogP contribution in [0, 0.1) is 0 Å². The van der Waals surface area contributed by atoms with Gasteiger partial charge in [-0.3, -0.25) is 4.79 Å². The van der Waals surface area contributed by atoms with Crippen molar-refractivity contribution in [3.05, 3.63) is 53.3 Å². The Kier molecular flexibility index (Phi) is 8.59. The summed E-state index contributed by atoms with van der Waals surface area (Å²) in [5.74, 6) is 0.399. The van der Waals surface area contributed by atoms with Crippen molar-refractivity contribution in [2.45, 2.75) is 19.6 Å². The molecule has 0 unspecified atom stereocenters. The molecule has 0 spiro atoms. The maximum absolute atomic E-state index is 12.7. The van der Waals surface area contributed by atoms with Crippen molar-refractivity contribution in [3.63, 3.8) is 0 Å². The highest BCUT2D eigenvalue weighted by Gasteiger charge is 2.32. The van der Waals surface area contributed by atoms with Gasteiger partial charge in [-0.05, 0) is 30.7 Å². The predicted octanol–water partition coefficient (Wildman–Crippen LogP) is 2.36. The average molecular weight is 437 g/mol. The van der Waals surface area contributed by atoms with Crippen LogP contribution >= 0.6 is 0 Å². The van der Waals surface area contributed by atoms with Gasteiger partial charge in [-0.1, -0.05) is 12.1 Å². The van der Waals surface area contributed by atoms with Crippen LogP contribution in [0.3, 0.4) is 0 Å². The summed E-state index contributed by atoms with van der Waals surface area (Å²) in [6.07, 6.45) is -3.45. The van der Waals surface area contributed by atoms with Crippen LogP contribution in [0.1, 0.15) is 28.5 Å². The molecule has 0 bridgehead atoms. The second-order valence-electron chi connectivity index (χ2n) is 6.71. The molecule has 0 aliphatic carbocycles. The zero-order valence-corrected chi connectivity index (χ0v) is 17.6. The minimum atomic E-state index is -4.51. The second-order valence-corrected chi connectivity index (χ2v) is 6.71. The number of alkyl halides is 3. The lowest BCUT2D eigenvalue weighted by molar-refractivity contribution is -0.141. The van der Waals surface area contributed by atoms with Crippen molar-refractivity contribution >= 4 is 17.8 Å². The lowest BCUT2D eigenvalue weighted by Gasteiger charge is -2.13. The Morgan fingerprint density at radius 1 is 1.10 bits per heavy atom. The molecule has 1 aromatic carbocycles. The van der Waals surface area contributed by atoms with Gasteiger partial charge in [-0.2, -0.15) is 13.2 Å². The Hall–Kier alpha value is -3.37. The summed E-state index contributed by atoms with van der Waals surface area (Å²) in [7, 11) is 3.39. The summed E-state index contributed by atoms with van der Waals surface area (Å²) >= 11 is 0. The molecule has 1 heterocycles. The van der Waals surface area contributed by atoms with Gasteiger partial charge >= 0.3 is 6.18 Å². The molecule has 2 rings (SSSR count). The Balaban J connectivity index is 1.87. The van der Waals surface area contributed by atoms with Crippen molar-refractivity contribution < 1.29 is 18.0 Å². The summed E-state index contributed by atoms with van der Waals surface area (Å²) in [5.41, 5.74) is 0.541. The summed E-state index contributed by atoms with van der Waals surface area (Å²) in [5, 5.41) is 8.93. The molecular weight excluding hydrogens is 411 g/mol. The molecule has 0 radical (unpaired) electrons.